The van der Waals surface area contributed by atoms with Gasteiger partial charge < -0.3 is 21.3 Å². The molecule has 1 aromatic carbocycles. The van der Waals surface area contributed by atoms with Crippen LogP contribution in [0.4, 0.5) is 48.6 Å². The van der Waals surface area contributed by atoms with Crippen LogP contribution in [0.5, 0.6) is 0 Å². The predicted octanol–water partition coefficient (Wildman–Crippen LogP) is 4.49. The number of rotatable bonds is 7. The van der Waals surface area contributed by atoms with Gasteiger partial charge in [-0.1, -0.05) is 0 Å². The number of halogens is 6. The Morgan fingerprint density at radius 3 is 2.06 bits per heavy atom. The highest BCUT2D eigenvalue weighted by Gasteiger charge is 2.37. The second kappa shape index (κ2) is 9.71. The summed E-state index contributed by atoms with van der Waals surface area (Å²) in [6, 6.07) is 1.56. The Morgan fingerprint density at radius 1 is 0.903 bits per heavy atom. The van der Waals surface area contributed by atoms with Gasteiger partial charge in [-0.3, -0.25) is 0 Å². The first-order chi connectivity index (χ1) is 14.4. The molecule has 0 aliphatic heterocycles. The summed E-state index contributed by atoms with van der Waals surface area (Å²) in [5.74, 6) is 0.902. The fourth-order valence-corrected chi connectivity index (χ4v) is 2.47. The summed E-state index contributed by atoms with van der Waals surface area (Å²) >= 11 is 0. The summed E-state index contributed by atoms with van der Waals surface area (Å²) in [7, 11) is 0. The third-order valence-electron chi connectivity index (χ3n) is 3.75. The van der Waals surface area contributed by atoms with Crippen LogP contribution in [-0.2, 0) is 12.4 Å². The van der Waals surface area contributed by atoms with Gasteiger partial charge in [-0.2, -0.15) is 31.3 Å². The first-order valence-corrected chi connectivity index (χ1v) is 9.06. The molecule has 1 heterocycles. The molecule has 0 bridgehead atoms. The summed E-state index contributed by atoms with van der Waals surface area (Å²) in [5.41, 5.74) is -2.97. The lowest BCUT2D eigenvalue weighted by Gasteiger charge is -2.15. The average Bonchev–Trinajstić information content (AvgIpc) is 2.63. The average molecular weight is 450 g/mol. The highest BCUT2D eigenvalue weighted by molar-refractivity contribution is 5.89. The van der Waals surface area contributed by atoms with Gasteiger partial charge in [0.1, 0.15) is 5.82 Å². The molecule has 0 spiro atoms. The molecule has 170 valence electrons. The van der Waals surface area contributed by atoms with Crippen LogP contribution in [0, 0.1) is 6.92 Å². The van der Waals surface area contributed by atoms with E-state index in [2.05, 4.69) is 25.9 Å². The Labute approximate surface area is 173 Å². The van der Waals surface area contributed by atoms with Crippen molar-refractivity contribution >= 4 is 23.5 Å². The molecule has 13 heteroatoms. The molecule has 2 aromatic rings. The van der Waals surface area contributed by atoms with E-state index in [0.717, 1.165) is 0 Å². The number of alkyl halides is 6. The third kappa shape index (κ3) is 7.50. The van der Waals surface area contributed by atoms with Gasteiger partial charge in [-0.25, -0.2) is 9.78 Å². The standard InChI is InChI=1S/C18H20F6N6O/c1-3-25-15-28-10(2)6-14(30-15)26-4-5-27-16(31)29-13-8-11(17(19,20)21)7-12(9-13)18(22,23)24/h6-9H,3-5H2,1-2H3,(H2,27,29,31)(H2,25,26,28,30). The maximum Gasteiger partial charge on any atom is 0.416 e. The van der Waals surface area contributed by atoms with Crippen molar-refractivity contribution in [1.82, 2.24) is 15.3 Å². The van der Waals surface area contributed by atoms with Crippen LogP contribution in [0.1, 0.15) is 23.7 Å². The van der Waals surface area contributed by atoms with Gasteiger partial charge in [0, 0.05) is 37.1 Å². The molecule has 0 fully saturated rings. The van der Waals surface area contributed by atoms with Gasteiger partial charge in [-0.05, 0) is 32.0 Å². The van der Waals surface area contributed by atoms with E-state index >= 15 is 0 Å². The molecular weight excluding hydrogens is 430 g/mol. The van der Waals surface area contributed by atoms with Crippen molar-refractivity contribution in [2.75, 3.05) is 35.6 Å². The van der Waals surface area contributed by atoms with Gasteiger partial charge in [-0.15, -0.1) is 0 Å². The lowest BCUT2D eigenvalue weighted by molar-refractivity contribution is -0.143. The van der Waals surface area contributed by atoms with Crippen LogP contribution in [0.25, 0.3) is 0 Å². The zero-order valence-corrected chi connectivity index (χ0v) is 16.5. The quantitative estimate of drug-likeness (QED) is 0.369. The highest BCUT2D eigenvalue weighted by Crippen LogP contribution is 2.37. The maximum absolute atomic E-state index is 12.9. The number of amides is 2. The first kappa shape index (κ1) is 24.0. The number of carbonyl (C=O) groups excluding carboxylic acids is 1. The third-order valence-corrected chi connectivity index (χ3v) is 3.75. The van der Waals surface area contributed by atoms with Crippen LogP contribution in [0.3, 0.4) is 0 Å². The van der Waals surface area contributed by atoms with E-state index in [0.29, 0.717) is 36.1 Å². The lowest BCUT2D eigenvalue weighted by Crippen LogP contribution is -2.33. The maximum atomic E-state index is 12.9. The summed E-state index contributed by atoms with van der Waals surface area (Å²) in [4.78, 5) is 20.3. The van der Waals surface area contributed by atoms with Crippen LogP contribution in [0.15, 0.2) is 24.3 Å². The smallest absolute Gasteiger partial charge is 0.368 e. The number of carbonyl (C=O) groups is 1. The number of urea groups is 1. The molecule has 2 rings (SSSR count). The summed E-state index contributed by atoms with van der Waals surface area (Å²) < 4.78 is 77.2. The topological polar surface area (TPSA) is 91.0 Å². The van der Waals surface area contributed by atoms with Crippen molar-refractivity contribution in [1.29, 1.82) is 0 Å². The Bertz CT molecular complexity index is 883. The molecule has 31 heavy (non-hydrogen) atoms. The number of aryl methyl sites for hydroxylation is 1. The number of nitrogens with zero attached hydrogens (tertiary/aromatic N) is 2. The van der Waals surface area contributed by atoms with Gasteiger partial charge in [0.05, 0.1) is 11.1 Å². The SMILES string of the molecule is CCNc1nc(C)cc(NCCNC(=O)Nc2cc(C(F)(F)F)cc(C(F)(F)F)c2)n1. The van der Waals surface area contributed by atoms with E-state index in [1.165, 1.54) is 0 Å². The minimum atomic E-state index is -5.00. The molecule has 2 amide bonds. The van der Waals surface area contributed by atoms with E-state index in [4.69, 9.17) is 0 Å². The van der Waals surface area contributed by atoms with Crippen molar-refractivity contribution in [2.45, 2.75) is 26.2 Å². The van der Waals surface area contributed by atoms with E-state index in [1.54, 1.807) is 13.0 Å². The Balaban J connectivity index is 1.96. The van der Waals surface area contributed by atoms with E-state index in [-0.39, 0.29) is 19.2 Å². The largest absolute Gasteiger partial charge is 0.416 e. The zero-order chi connectivity index (χ0) is 23.2. The molecule has 0 atom stereocenters. The van der Waals surface area contributed by atoms with E-state index in [1.807, 2.05) is 12.2 Å². The fraction of sp³-hybridized carbons (Fsp3) is 0.389. The molecule has 1 aromatic heterocycles. The zero-order valence-electron chi connectivity index (χ0n) is 16.5. The summed E-state index contributed by atoms with van der Waals surface area (Å²) in [6.07, 6.45) is -10.0. The Kier molecular flexibility index (Phi) is 7.52. The fourth-order valence-electron chi connectivity index (χ4n) is 2.47. The number of aromatic nitrogens is 2. The molecule has 0 radical (unpaired) electrons. The van der Waals surface area contributed by atoms with Crippen LogP contribution < -0.4 is 21.3 Å². The van der Waals surface area contributed by atoms with Crippen molar-refractivity contribution in [3.05, 3.63) is 41.1 Å². The molecule has 0 unspecified atom stereocenters. The Hall–Kier alpha value is -3.25. The molecule has 7 nitrogen and oxygen atoms in total. The number of hydrogen-bond acceptors (Lipinski definition) is 5. The predicted molar refractivity (Wildman–Crippen MR) is 103 cm³/mol. The van der Waals surface area contributed by atoms with E-state index < -0.39 is 35.2 Å². The molecule has 0 aliphatic carbocycles. The van der Waals surface area contributed by atoms with Gasteiger partial charge in [0.25, 0.3) is 0 Å². The summed E-state index contributed by atoms with van der Waals surface area (Å²) in [5, 5.41) is 10.2. The van der Waals surface area contributed by atoms with Crippen LogP contribution in [-0.4, -0.2) is 35.6 Å². The van der Waals surface area contributed by atoms with Crippen LogP contribution >= 0.6 is 0 Å². The summed E-state index contributed by atoms with van der Waals surface area (Å²) in [6.45, 7) is 4.49. The first-order valence-electron chi connectivity index (χ1n) is 9.06. The van der Waals surface area contributed by atoms with Gasteiger partial charge in [0.15, 0.2) is 0 Å². The molecular formula is C18H20F6N6O. The monoisotopic (exact) mass is 450 g/mol. The second-order valence-corrected chi connectivity index (χ2v) is 6.35. The minimum absolute atomic E-state index is 0.0155. The minimum Gasteiger partial charge on any atom is -0.368 e. The number of hydrogen-bond donors (Lipinski definition) is 4. The van der Waals surface area contributed by atoms with Crippen molar-refractivity contribution in [2.24, 2.45) is 0 Å². The molecule has 0 saturated carbocycles. The van der Waals surface area contributed by atoms with Gasteiger partial charge >= 0.3 is 18.4 Å². The second-order valence-electron chi connectivity index (χ2n) is 6.35. The molecule has 0 saturated heterocycles. The van der Waals surface area contributed by atoms with E-state index in [9.17, 15) is 31.1 Å². The molecule has 0 aliphatic rings. The van der Waals surface area contributed by atoms with Gasteiger partial charge in [0.2, 0.25) is 5.95 Å². The lowest BCUT2D eigenvalue weighted by atomic mass is 10.1. The number of benzene rings is 1. The molecule has 4 N–H and O–H groups in total. The van der Waals surface area contributed by atoms with Crippen molar-refractivity contribution in [3.8, 4) is 0 Å². The highest BCUT2D eigenvalue weighted by atomic mass is 19.4. The normalized spacial score (nSPS) is 11.7. The van der Waals surface area contributed by atoms with Crippen molar-refractivity contribution < 1.29 is 31.1 Å². The van der Waals surface area contributed by atoms with Crippen LogP contribution in [0.2, 0.25) is 0 Å². The number of nitrogens with one attached hydrogen (secondary N) is 4. The Morgan fingerprint density at radius 2 is 1.52 bits per heavy atom. The van der Waals surface area contributed by atoms with Crippen molar-refractivity contribution in [3.63, 3.8) is 0 Å². The number of anilines is 3.